The van der Waals surface area contributed by atoms with E-state index in [9.17, 15) is 0 Å². The third-order valence-corrected chi connectivity index (χ3v) is 5.96. The second-order valence-electron chi connectivity index (χ2n) is 7.69. The number of aryl methyl sites for hydroxylation is 1. The molecule has 152 valence electrons. The number of nitrogens with zero attached hydrogens (tertiary/aromatic N) is 4. The quantitative estimate of drug-likeness (QED) is 0.481. The van der Waals surface area contributed by atoms with Crippen LogP contribution in [0, 0.1) is 6.92 Å². The van der Waals surface area contributed by atoms with Gasteiger partial charge in [-0.2, -0.15) is 15.1 Å². The van der Waals surface area contributed by atoms with Gasteiger partial charge in [-0.1, -0.05) is 54.1 Å². The maximum atomic E-state index is 6.13. The first-order valence-electron chi connectivity index (χ1n) is 10.2. The van der Waals surface area contributed by atoms with E-state index in [0.717, 1.165) is 65.6 Å². The number of hydrogen-bond donors (Lipinski definition) is 2. The van der Waals surface area contributed by atoms with Crippen LogP contribution in [0.25, 0.3) is 11.0 Å². The van der Waals surface area contributed by atoms with Crippen molar-refractivity contribution in [3.05, 3.63) is 75.9 Å². The minimum Gasteiger partial charge on any atom is -0.354 e. The lowest BCUT2D eigenvalue weighted by Crippen LogP contribution is -2.29. The summed E-state index contributed by atoms with van der Waals surface area (Å²) in [5, 5.41) is 12.8. The van der Waals surface area contributed by atoms with Crippen molar-refractivity contribution in [2.75, 3.05) is 23.3 Å². The van der Waals surface area contributed by atoms with E-state index in [1.54, 1.807) is 0 Å². The number of anilines is 2. The van der Waals surface area contributed by atoms with E-state index in [1.165, 1.54) is 11.1 Å². The molecule has 0 atom stereocenters. The summed E-state index contributed by atoms with van der Waals surface area (Å²) < 4.78 is 0. The van der Waals surface area contributed by atoms with Crippen molar-refractivity contribution in [1.82, 2.24) is 20.2 Å². The molecular formula is C23H23ClN6. The molecule has 0 saturated carbocycles. The maximum Gasteiger partial charge on any atom is 0.226 e. The molecular weight excluding hydrogens is 396 g/mol. The van der Waals surface area contributed by atoms with E-state index in [2.05, 4.69) is 61.8 Å². The zero-order valence-electron chi connectivity index (χ0n) is 16.8. The number of rotatable bonds is 6. The second-order valence-corrected chi connectivity index (χ2v) is 8.10. The van der Waals surface area contributed by atoms with Crippen LogP contribution in [0.3, 0.4) is 0 Å². The third-order valence-electron chi connectivity index (χ3n) is 5.54. The predicted octanol–water partition coefficient (Wildman–Crippen LogP) is 4.53. The predicted molar refractivity (Wildman–Crippen MR) is 121 cm³/mol. The van der Waals surface area contributed by atoms with E-state index in [1.807, 2.05) is 19.1 Å². The van der Waals surface area contributed by atoms with Crippen molar-refractivity contribution >= 4 is 34.4 Å². The van der Waals surface area contributed by atoms with Crippen LogP contribution in [0.15, 0.2) is 48.5 Å². The molecule has 1 aliphatic rings. The minimum absolute atomic E-state index is 0.612. The molecule has 5 rings (SSSR count). The van der Waals surface area contributed by atoms with Crippen molar-refractivity contribution in [3.63, 3.8) is 0 Å². The highest BCUT2D eigenvalue weighted by Gasteiger charge is 2.24. The molecule has 0 aliphatic carbocycles. The van der Waals surface area contributed by atoms with E-state index < -0.39 is 0 Å². The number of nitrogens with one attached hydrogen (secondary N) is 2. The zero-order valence-corrected chi connectivity index (χ0v) is 17.6. The molecule has 1 aliphatic heterocycles. The molecule has 6 nitrogen and oxygen atoms in total. The Balaban J connectivity index is 1.37. The summed E-state index contributed by atoms with van der Waals surface area (Å²) in [6.07, 6.45) is 1.79. The summed E-state index contributed by atoms with van der Waals surface area (Å²) in [6.45, 7) is 4.49. The molecule has 4 aromatic rings. The molecule has 0 fully saturated rings. The fourth-order valence-corrected chi connectivity index (χ4v) is 4.06. The van der Waals surface area contributed by atoms with Crippen molar-refractivity contribution in [2.24, 2.45) is 0 Å². The minimum atomic E-state index is 0.612. The van der Waals surface area contributed by atoms with Gasteiger partial charge in [-0.15, -0.1) is 0 Å². The van der Waals surface area contributed by atoms with Crippen molar-refractivity contribution < 1.29 is 0 Å². The highest BCUT2D eigenvalue weighted by atomic mass is 35.5. The summed E-state index contributed by atoms with van der Waals surface area (Å²) in [7, 11) is 0. The maximum absolute atomic E-state index is 6.13. The SMILES string of the molecule is Cc1cc(CCNc2nc3c4c([nH]nc4n2)CCN3Cc2ccccc2)ccc1Cl. The molecule has 0 unspecified atom stereocenters. The van der Waals surface area contributed by atoms with Gasteiger partial charge in [-0.3, -0.25) is 5.10 Å². The van der Waals surface area contributed by atoms with Crippen LogP contribution in [0.1, 0.15) is 22.4 Å². The number of hydrogen-bond acceptors (Lipinski definition) is 5. The smallest absolute Gasteiger partial charge is 0.226 e. The Morgan fingerprint density at radius 3 is 2.80 bits per heavy atom. The first-order valence-corrected chi connectivity index (χ1v) is 10.6. The average Bonchev–Trinajstić information content (AvgIpc) is 3.17. The van der Waals surface area contributed by atoms with Crippen molar-refractivity contribution in [3.8, 4) is 0 Å². The van der Waals surface area contributed by atoms with Gasteiger partial charge in [-0.25, -0.2) is 0 Å². The van der Waals surface area contributed by atoms with Gasteiger partial charge in [0.05, 0.1) is 11.1 Å². The molecule has 0 bridgehead atoms. The number of aromatic amines is 1. The topological polar surface area (TPSA) is 69.7 Å². The normalized spacial score (nSPS) is 13.1. The summed E-state index contributed by atoms with van der Waals surface area (Å²) in [5.41, 5.74) is 5.44. The van der Waals surface area contributed by atoms with Crippen LogP contribution >= 0.6 is 11.6 Å². The Kier molecular flexibility index (Phi) is 5.01. The van der Waals surface area contributed by atoms with Gasteiger partial charge in [0, 0.05) is 31.1 Å². The highest BCUT2D eigenvalue weighted by molar-refractivity contribution is 6.31. The molecule has 2 N–H and O–H groups in total. The fourth-order valence-electron chi connectivity index (χ4n) is 3.94. The lowest BCUT2D eigenvalue weighted by molar-refractivity contribution is 0.747. The van der Waals surface area contributed by atoms with Gasteiger partial charge in [0.2, 0.25) is 5.95 Å². The van der Waals surface area contributed by atoms with Crippen LogP contribution in [0.5, 0.6) is 0 Å². The molecule has 0 saturated heterocycles. The van der Waals surface area contributed by atoms with Gasteiger partial charge in [0.25, 0.3) is 0 Å². The standard InChI is InChI=1S/C23H23ClN6/c1-15-13-16(7-8-18(15)24)9-11-25-23-26-21-20-19(28-29-21)10-12-30(22(20)27-23)14-17-5-3-2-4-6-17/h2-8,13H,9-12,14H2,1H3,(H2,25,26,27,28,29). The Morgan fingerprint density at radius 1 is 1.10 bits per heavy atom. The fraction of sp³-hybridized carbons (Fsp3) is 0.261. The largest absolute Gasteiger partial charge is 0.354 e. The Labute approximate surface area is 180 Å². The average molecular weight is 419 g/mol. The van der Waals surface area contributed by atoms with Crippen LogP contribution in [0.2, 0.25) is 5.02 Å². The second kappa shape index (κ2) is 7.95. The van der Waals surface area contributed by atoms with Gasteiger partial charge in [0.15, 0.2) is 5.65 Å². The summed E-state index contributed by atoms with van der Waals surface area (Å²) in [4.78, 5) is 11.8. The number of halogens is 1. The van der Waals surface area contributed by atoms with E-state index >= 15 is 0 Å². The molecule has 0 radical (unpaired) electrons. The van der Waals surface area contributed by atoms with E-state index in [4.69, 9.17) is 16.6 Å². The lowest BCUT2D eigenvalue weighted by atomic mass is 10.1. The molecule has 30 heavy (non-hydrogen) atoms. The van der Waals surface area contributed by atoms with Gasteiger partial charge >= 0.3 is 0 Å². The van der Waals surface area contributed by atoms with Gasteiger partial charge in [-0.05, 0) is 36.1 Å². The molecule has 2 aromatic heterocycles. The summed E-state index contributed by atoms with van der Waals surface area (Å²) in [5.74, 6) is 1.56. The lowest BCUT2D eigenvalue weighted by Gasteiger charge is -2.28. The van der Waals surface area contributed by atoms with Crippen LogP contribution in [-0.4, -0.2) is 33.3 Å². The Morgan fingerprint density at radius 2 is 1.97 bits per heavy atom. The number of H-pyrrole nitrogens is 1. The molecule has 0 amide bonds. The first kappa shape index (κ1) is 18.9. The van der Waals surface area contributed by atoms with E-state index in [0.29, 0.717) is 5.95 Å². The van der Waals surface area contributed by atoms with E-state index in [-0.39, 0.29) is 0 Å². The van der Waals surface area contributed by atoms with Crippen molar-refractivity contribution in [1.29, 1.82) is 0 Å². The Bertz CT molecular complexity index is 1190. The molecule has 0 spiro atoms. The Hall–Kier alpha value is -3.12. The monoisotopic (exact) mass is 418 g/mol. The number of aromatic nitrogens is 4. The van der Waals surface area contributed by atoms with Crippen LogP contribution in [0.4, 0.5) is 11.8 Å². The summed E-state index contributed by atoms with van der Waals surface area (Å²) in [6, 6.07) is 16.6. The van der Waals surface area contributed by atoms with Crippen LogP contribution < -0.4 is 10.2 Å². The first-order chi connectivity index (χ1) is 14.7. The molecule has 3 heterocycles. The van der Waals surface area contributed by atoms with Gasteiger partial charge in [0.1, 0.15) is 5.82 Å². The van der Waals surface area contributed by atoms with Crippen LogP contribution in [-0.2, 0) is 19.4 Å². The number of benzene rings is 2. The summed E-state index contributed by atoms with van der Waals surface area (Å²) >= 11 is 6.13. The zero-order chi connectivity index (χ0) is 20.5. The molecule has 2 aromatic carbocycles. The van der Waals surface area contributed by atoms with Gasteiger partial charge < -0.3 is 10.2 Å². The third kappa shape index (κ3) is 3.71. The van der Waals surface area contributed by atoms with Crippen molar-refractivity contribution in [2.45, 2.75) is 26.3 Å². The highest BCUT2D eigenvalue weighted by Crippen LogP contribution is 2.32. The molecule has 7 heteroatoms.